The van der Waals surface area contributed by atoms with Crippen molar-refractivity contribution < 1.29 is 14.7 Å². The van der Waals surface area contributed by atoms with Crippen LogP contribution >= 0.6 is 0 Å². The van der Waals surface area contributed by atoms with Crippen molar-refractivity contribution in [1.29, 1.82) is 0 Å². The lowest BCUT2D eigenvalue weighted by molar-refractivity contribution is -0.141. The zero-order valence-corrected chi connectivity index (χ0v) is 9.78. The normalized spacial score (nSPS) is 18.9. The lowest BCUT2D eigenvalue weighted by Gasteiger charge is -2.16. The third-order valence-electron chi connectivity index (χ3n) is 3.09. The Labute approximate surface area is 103 Å². The second kappa shape index (κ2) is 5.03. The van der Waals surface area contributed by atoms with E-state index in [1.807, 2.05) is 0 Å². The van der Waals surface area contributed by atoms with Crippen LogP contribution < -0.4 is 5.56 Å². The molecule has 1 saturated heterocycles. The van der Waals surface area contributed by atoms with Gasteiger partial charge in [0.05, 0.1) is 5.92 Å². The first-order chi connectivity index (χ1) is 8.58. The first-order valence-corrected chi connectivity index (χ1v) is 5.74. The van der Waals surface area contributed by atoms with Crippen LogP contribution in [0.1, 0.15) is 6.42 Å². The fourth-order valence-corrected chi connectivity index (χ4v) is 2.03. The zero-order chi connectivity index (χ0) is 13.1. The van der Waals surface area contributed by atoms with Crippen LogP contribution in [0.5, 0.6) is 0 Å². The Bertz CT molecular complexity index is 523. The average molecular weight is 250 g/mol. The van der Waals surface area contributed by atoms with Gasteiger partial charge in [-0.15, -0.1) is 0 Å². The zero-order valence-electron chi connectivity index (χ0n) is 9.78. The summed E-state index contributed by atoms with van der Waals surface area (Å²) < 4.78 is 1.32. The van der Waals surface area contributed by atoms with Crippen LogP contribution in [0.3, 0.4) is 0 Å². The minimum atomic E-state index is -0.873. The van der Waals surface area contributed by atoms with Crippen molar-refractivity contribution in [3.8, 4) is 0 Å². The van der Waals surface area contributed by atoms with Gasteiger partial charge in [0.15, 0.2) is 0 Å². The van der Waals surface area contributed by atoms with Crippen molar-refractivity contribution in [3.05, 3.63) is 34.7 Å². The molecule has 6 nitrogen and oxygen atoms in total. The van der Waals surface area contributed by atoms with E-state index in [1.165, 1.54) is 15.5 Å². The highest BCUT2D eigenvalue weighted by atomic mass is 16.4. The van der Waals surface area contributed by atoms with Crippen molar-refractivity contribution in [3.63, 3.8) is 0 Å². The molecule has 0 saturated carbocycles. The van der Waals surface area contributed by atoms with Gasteiger partial charge in [-0.2, -0.15) is 0 Å². The summed E-state index contributed by atoms with van der Waals surface area (Å²) in [5.41, 5.74) is -0.236. The van der Waals surface area contributed by atoms with Gasteiger partial charge in [0.25, 0.3) is 5.56 Å². The predicted molar refractivity (Wildman–Crippen MR) is 63.0 cm³/mol. The van der Waals surface area contributed by atoms with E-state index >= 15 is 0 Å². The van der Waals surface area contributed by atoms with Gasteiger partial charge >= 0.3 is 5.97 Å². The lowest BCUT2D eigenvalue weighted by atomic mass is 10.1. The molecular formula is C12H14N2O4. The van der Waals surface area contributed by atoms with Gasteiger partial charge < -0.3 is 14.6 Å². The molecule has 1 atom stereocenters. The van der Waals surface area contributed by atoms with E-state index in [1.54, 1.807) is 18.3 Å². The van der Waals surface area contributed by atoms with Crippen molar-refractivity contribution in [2.24, 2.45) is 5.92 Å². The number of hydrogen-bond donors (Lipinski definition) is 1. The summed E-state index contributed by atoms with van der Waals surface area (Å²) in [5.74, 6) is -1.57. The highest BCUT2D eigenvalue weighted by Crippen LogP contribution is 2.16. The van der Waals surface area contributed by atoms with E-state index in [-0.39, 0.29) is 24.6 Å². The second-order valence-corrected chi connectivity index (χ2v) is 4.33. The molecule has 0 radical (unpaired) electrons. The molecule has 96 valence electrons. The molecule has 1 aromatic rings. The molecule has 1 unspecified atom stereocenters. The number of carboxylic acid groups (broad SMARTS) is 1. The summed E-state index contributed by atoms with van der Waals surface area (Å²) in [5, 5.41) is 8.85. The van der Waals surface area contributed by atoms with Gasteiger partial charge in [-0.3, -0.25) is 14.4 Å². The Morgan fingerprint density at radius 1 is 1.39 bits per heavy atom. The predicted octanol–water partition coefficient (Wildman–Crippen LogP) is -0.219. The highest BCUT2D eigenvalue weighted by Gasteiger charge is 2.30. The molecule has 1 aromatic heterocycles. The summed E-state index contributed by atoms with van der Waals surface area (Å²) >= 11 is 0. The van der Waals surface area contributed by atoms with E-state index in [0.717, 1.165) is 0 Å². The molecule has 2 rings (SSSR count). The van der Waals surface area contributed by atoms with Gasteiger partial charge in [0, 0.05) is 25.4 Å². The number of amides is 1. The van der Waals surface area contributed by atoms with Crippen molar-refractivity contribution >= 4 is 11.9 Å². The number of aliphatic carboxylic acids is 1. The largest absolute Gasteiger partial charge is 0.481 e. The van der Waals surface area contributed by atoms with E-state index in [0.29, 0.717) is 13.0 Å². The molecule has 0 aliphatic carbocycles. The smallest absolute Gasteiger partial charge is 0.308 e. The maximum absolute atomic E-state index is 11.9. The summed E-state index contributed by atoms with van der Waals surface area (Å²) in [7, 11) is 0. The molecule has 1 fully saturated rings. The highest BCUT2D eigenvalue weighted by molar-refractivity contribution is 5.78. The lowest BCUT2D eigenvalue weighted by Crippen LogP contribution is -2.35. The Kier molecular flexibility index (Phi) is 3.45. The fraction of sp³-hybridized carbons (Fsp3) is 0.417. The van der Waals surface area contributed by atoms with E-state index in [2.05, 4.69) is 0 Å². The number of carboxylic acids is 1. The molecule has 1 aliphatic rings. The molecule has 1 N–H and O–H groups in total. The van der Waals surface area contributed by atoms with Crippen LogP contribution in [0.15, 0.2) is 29.2 Å². The second-order valence-electron chi connectivity index (χ2n) is 4.33. The first-order valence-electron chi connectivity index (χ1n) is 5.74. The number of aromatic nitrogens is 1. The molecule has 0 spiro atoms. The summed E-state index contributed by atoms with van der Waals surface area (Å²) in [6, 6.07) is 4.68. The summed E-state index contributed by atoms with van der Waals surface area (Å²) in [6.45, 7) is 0.638. The van der Waals surface area contributed by atoms with Gasteiger partial charge in [-0.1, -0.05) is 6.07 Å². The number of hydrogen-bond acceptors (Lipinski definition) is 3. The fourth-order valence-electron chi connectivity index (χ4n) is 2.03. The number of carbonyl (C=O) groups is 2. The van der Waals surface area contributed by atoms with Crippen LogP contribution in [0.25, 0.3) is 0 Å². The molecule has 1 amide bonds. The van der Waals surface area contributed by atoms with Crippen LogP contribution in [0, 0.1) is 5.92 Å². The van der Waals surface area contributed by atoms with Crippen molar-refractivity contribution in [2.45, 2.75) is 13.0 Å². The number of rotatable bonds is 3. The average Bonchev–Trinajstić information content (AvgIpc) is 2.81. The molecule has 2 heterocycles. The summed E-state index contributed by atoms with van der Waals surface area (Å²) in [4.78, 5) is 35.6. The Balaban J connectivity index is 2.00. The monoisotopic (exact) mass is 250 g/mol. The first kappa shape index (κ1) is 12.3. The van der Waals surface area contributed by atoms with E-state index in [4.69, 9.17) is 5.11 Å². The quantitative estimate of drug-likeness (QED) is 0.804. The number of carbonyl (C=O) groups excluding carboxylic acids is 1. The number of pyridine rings is 1. The number of nitrogens with zero attached hydrogens (tertiary/aromatic N) is 2. The topological polar surface area (TPSA) is 79.6 Å². The standard InChI is InChI=1S/C12H14N2O4/c15-10-3-1-2-5-13(10)8-11(16)14-6-4-9(7-14)12(17)18/h1-3,5,9H,4,6-8H2,(H,17,18). The minimum Gasteiger partial charge on any atom is -0.481 e. The van der Waals surface area contributed by atoms with Gasteiger partial charge in [-0.05, 0) is 12.5 Å². The number of likely N-dealkylation sites (tertiary alicyclic amines) is 1. The summed E-state index contributed by atoms with van der Waals surface area (Å²) in [6.07, 6.45) is 2.02. The Morgan fingerprint density at radius 3 is 2.78 bits per heavy atom. The van der Waals surface area contributed by atoms with E-state index < -0.39 is 11.9 Å². The third-order valence-corrected chi connectivity index (χ3v) is 3.09. The molecule has 0 aromatic carbocycles. The molecule has 1 aliphatic heterocycles. The Morgan fingerprint density at radius 2 is 2.17 bits per heavy atom. The van der Waals surface area contributed by atoms with Crippen molar-refractivity contribution in [2.75, 3.05) is 13.1 Å². The van der Waals surface area contributed by atoms with Gasteiger partial charge in [-0.25, -0.2) is 0 Å². The maximum atomic E-state index is 11.9. The SMILES string of the molecule is O=C(O)C1CCN(C(=O)Cn2ccccc2=O)C1. The molecular weight excluding hydrogens is 236 g/mol. The van der Waals surface area contributed by atoms with Crippen LogP contribution in [-0.2, 0) is 16.1 Å². The van der Waals surface area contributed by atoms with Crippen LogP contribution in [-0.4, -0.2) is 39.5 Å². The maximum Gasteiger partial charge on any atom is 0.308 e. The van der Waals surface area contributed by atoms with Gasteiger partial charge in [0.2, 0.25) is 5.91 Å². The third kappa shape index (κ3) is 2.58. The van der Waals surface area contributed by atoms with Crippen LogP contribution in [0.2, 0.25) is 0 Å². The molecule has 18 heavy (non-hydrogen) atoms. The minimum absolute atomic E-state index is 0.0357. The molecule has 6 heteroatoms. The van der Waals surface area contributed by atoms with Crippen LogP contribution in [0.4, 0.5) is 0 Å². The van der Waals surface area contributed by atoms with E-state index in [9.17, 15) is 14.4 Å². The molecule has 0 bridgehead atoms. The Hall–Kier alpha value is -2.11. The van der Waals surface area contributed by atoms with Gasteiger partial charge in [0.1, 0.15) is 6.54 Å². The van der Waals surface area contributed by atoms with Crippen molar-refractivity contribution in [1.82, 2.24) is 9.47 Å².